The topological polar surface area (TPSA) is 79.8 Å². The Bertz CT molecular complexity index is 745. The number of rotatable bonds is 5. The number of amides is 2. The van der Waals surface area contributed by atoms with Crippen molar-refractivity contribution in [3.63, 3.8) is 0 Å². The lowest BCUT2D eigenvalue weighted by molar-refractivity contribution is -0.125. The predicted molar refractivity (Wildman–Crippen MR) is 90.3 cm³/mol. The smallest absolute Gasteiger partial charge is 0.269 e. The van der Waals surface area contributed by atoms with E-state index in [1.165, 1.54) is 0 Å². The van der Waals surface area contributed by atoms with E-state index < -0.39 is 6.10 Å². The van der Waals surface area contributed by atoms with E-state index in [0.717, 1.165) is 5.56 Å². The zero-order chi connectivity index (χ0) is 16.8. The number of anilines is 1. The van der Waals surface area contributed by atoms with Gasteiger partial charge in [-0.15, -0.1) is 0 Å². The van der Waals surface area contributed by atoms with E-state index in [4.69, 9.17) is 4.84 Å². The van der Waals surface area contributed by atoms with Crippen LogP contribution in [0, 0.1) is 0 Å². The maximum absolute atomic E-state index is 12.1. The fourth-order valence-electron chi connectivity index (χ4n) is 2.28. The number of carbonyl (C=O) groups is 2. The van der Waals surface area contributed by atoms with Crippen molar-refractivity contribution in [3.05, 3.63) is 66.2 Å². The van der Waals surface area contributed by atoms with Gasteiger partial charge in [0.05, 0.1) is 0 Å². The van der Waals surface area contributed by atoms with Gasteiger partial charge in [-0.3, -0.25) is 9.59 Å². The minimum atomic E-state index is -0.789. The molecule has 1 unspecified atom stereocenters. The van der Waals surface area contributed by atoms with Crippen molar-refractivity contribution in [1.82, 2.24) is 5.32 Å². The highest BCUT2D eigenvalue weighted by Gasteiger charge is 2.31. The largest absolute Gasteiger partial charge is 0.382 e. The summed E-state index contributed by atoms with van der Waals surface area (Å²) in [5.74, 6) is -0.648. The molecule has 122 valence electrons. The van der Waals surface area contributed by atoms with Gasteiger partial charge >= 0.3 is 0 Å². The van der Waals surface area contributed by atoms with Crippen LogP contribution in [-0.2, 0) is 21.0 Å². The molecule has 2 amide bonds. The second-order valence-corrected chi connectivity index (χ2v) is 5.36. The van der Waals surface area contributed by atoms with Gasteiger partial charge in [0, 0.05) is 18.7 Å². The first kappa shape index (κ1) is 15.7. The SMILES string of the molecule is O=C(NCc1ccccc1)C1=NOC(C(=O)Nc2ccccc2)C1. The predicted octanol–water partition coefficient (Wildman–Crippen LogP) is 2.09. The molecule has 1 atom stereocenters. The van der Waals surface area contributed by atoms with Crippen molar-refractivity contribution in [3.8, 4) is 0 Å². The Kier molecular flexibility index (Phi) is 4.86. The molecule has 1 heterocycles. The molecule has 0 saturated heterocycles. The van der Waals surface area contributed by atoms with E-state index in [0.29, 0.717) is 12.2 Å². The molecule has 0 spiro atoms. The van der Waals surface area contributed by atoms with Gasteiger partial charge < -0.3 is 15.5 Å². The molecule has 0 bridgehead atoms. The molecule has 0 aromatic heterocycles. The monoisotopic (exact) mass is 323 g/mol. The molecule has 0 aliphatic carbocycles. The number of oxime groups is 1. The second-order valence-electron chi connectivity index (χ2n) is 5.36. The van der Waals surface area contributed by atoms with Crippen LogP contribution in [0.15, 0.2) is 65.8 Å². The van der Waals surface area contributed by atoms with Gasteiger partial charge in [-0.1, -0.05) is 53.7 Å². The third kappa shape index (κ3) is 3.98. The summed E-state index contributed by atoms with van der Waals surface area (Å²) in [5, 5.41) is 9.24. The summed E-state index contributed by atoms with van der Waals surface area (Å²) >= 11 is 0. The first-order chi connectivity index (χ1) is 11.7. The van der Waals surface area contributed by atoms with Crippen molar-refractivity contribution in [2.24, 2.45) is 5.16 Å². The van der Waals surface area contributed by atoms with Gasteiger partial charge in [0.2, 0.25) is 6.10 Å². The lowest BCUT2D eigenvalue weighted by Gasteiger charge is -2.09. The molecule has 6 heteroatoms. The number of hydrogen-bond acceptors (Lipinski definition) is 4. The molecule has 24 heavy (non-hydrogen) atoms. The minimum absolute atomic E-state index is 0.152. The van der Waals surface area contributed by atoms with Gasteiger partial charge in [-0.2, -0.15) is 0 Å². The van der Waals surface area contributed by atoms with Crippen molar-refractivity contribution in [2.75, 3.05) is 5.32 Å². The number of carbonyl (C=O) groups excluding carboxylic acids is 2. The number of nitrogens with one attached hydrogen (secondary N) is 2. The van der Waals surface area contributed by atoms with Gasteiger partial charge in [-0.25, -0.2) is 0 Å². The maximum atomic E-state index is 12.1. The molecule has 0 radical (unpaired) electrons. The van der Waals surface area contributed by atoms with Crippen molar-refractivity contribution >= 4 is 23.2 Å². The highest BCUT2D eigenvalue weighted by molar-refractivity contribution is 6.39. The average Bonchev–Trinajstić information content (AvgIpc) is 3.12. The first-order valence-corrected chi connectivity index (χ1v) is 7.63. The van der Waals surface area contributed by atoms with Gasteiger partial charge in [0.15, 0.2) is 0 Å². The molecule has 2 N–H and O–H groups in total. The summed E-state index contributed by atoms with van der Waals surface area (Å²) in [4.78, 5) is 29.3. The Hall–Kier alpha value is -3.15. The minimum Gasteiger partial charge on any atom is -0.382 e. The lowest BCUT2D eigenvalue weighted by atomic mass is 10.1. The molecular weight excluding hydrogens is 306 g/mol. The zero-order valence-electron chi connectivity index (χ0n) is 12.9. The lowest BCUT2D eigenvalue weighted by Crippen LogP contribution is -2.33. The van der Waals surface area contributed by atoms with Crippen LogP contribution in [0.2, 0.25) is 0 Å². The van der Waals surface area contributed by atoms with Crippen molar-refractivity contribution in [2.45, 2.75) is 19.1 Å². The van der Waals surface area contributed by atoms with Crippen LogP contribution in [-0.4, -0.2) is 23.6 Å². The molecule has 0 fully saturated rings. The van der Waals surface area contributed by atoms with E-state index in [-0.39, 0.29) is 23.9 Å². The summed E-state index contributed by atoms with van der Waals surface area (Å²) in [6.45, 7) is 0.402. The number of benzene rings is 2. The van der Waals surface area contributed by atoms with Crippen LogP contribution in [0.25, 0.3) is 0 Å². The summed E-state index contributed by atoms with van der Waals surface area (Å²) in [6, 6.07) is 18.6. The number of nitrogens with zero attached hydrogens (tertiary/aromatic N) is 1. The summed E-state index contributed by atoms with van der Waals surface area (Å²) < 4.78 is 0. The highest BCUT2D eigenvalue weighted by Crippen LogP contribution is 2.14. The summed E-state index contributed by atoms with van der Waals surface area (Å²) in [7, 11) is 0. The van der Waals surface area contributed by atoms with E-state index in [2.05, 4.69) is 15.8 Å². The molecule has 6 nitrogen and oxygen atoms in total. The van der Waals surface area contributed by atoms with E-state index >= 15 is 0 Å². The van der Waals surface area contributed by atoms with E-state index in [1.807, 2.05) is 48.5 Å². The van der Waals surface area contributed by atoms with Crippen molar-refractivity contribution in [1.29, 1.82) is 0 Å². The third-order valence-corrected chi connectivity index (χ3v) is 3.56. The Morgan fingerprint density at radius 2 is 1.71 bits per heavy atom. The molecule has 0 saturated carbocycles. The number of para-hydroxylation sites is 1. The molecule has 2 aromatic rings. The van der Waals surface area contributed by atoms with Crippen LogP contribution < -0.4 is 10.6 Å². The van der Waals surface area contributed by atoms with Crippen LogP contribution in [0.1, 0.15) is 12.0 Å². The molecule has 2 aromatic carbocycles. The highest BCUT2D eigenvalue weighted by atomic mass is 16.6. The maximum Gasteiger partial charge on any atom is 0.269 e. The molecule has 1 aliphatic rings. The van der Waals surface area contributed by atoms with Crippen LogP contribution >= 0.6 is 0 Å². The second kappa shape index (κ2) is 7.41. The zero-order valence-corrected chi connectivity index (χ0v) is 12.9. The summed E-state index contributed by atoms with van der Waals surface area (Å²) in [5.41, 5.74) is 1.89. The number of hydrogen-bond donors (Lipinski definition) is 2. The molecule has 3 rings (SSSR count). The van der Waals surface area contributed by atoms with Crippen molar-refractivity contribution < 1.29 is 14.4 Å². The quantitative estimate of drug-likeness (QED) is 0.884. The van der Waals surface area contributed by atoms with E-state index in [9.17, 15) is 9.59 Å². The summed E-state index contributed by atoms with van der Waals surface area (Å²) in [6.07, 6.45) is -0.637. The van der Waals surface area contributed by atoms with Gasteiger partial charge in [-0.05, 0) is 17.7 Å². The van der Waals surface area contributed by atoms with Crippen LogP contribution in [0.4, 0.5) is 5.69 Å². The third-order valence-electron chi connectivity index (χ3n) is 3.56. The Morgan fingerprint density at radius 3 is 2.42 bits per heavy atom. The standard InChI is InChI=1S/C18H17N3O3/c22-17(19-12-13-7-3-1-4-8-13)15-11-16(24-21-15)18(23)20-14-9-5-2-6-10-14/h1-10,16H,11-12H2,(H,19,22)(H,20,23). The van der Waals surface area contributed by atoms with Gasteiger partial charge in [0.25, 0.3) is 11.8 Å². The Balaban J connectivity index is 1.49. The molecular formula is C18H17N3O3. The van der Waals surface area contributed by atoms with Crippen LogP contribution in [0.5, 0.6) is 0 Å². The van der Waals surface area contributed by atoms with E-state index in [1.54, 1.807) is 12.1 Å². The Morgan fingerprint density at radius 1 is 1.04 bits per heavy atom. The molecule has 1 aliphatic heterocycles. The normalized spacial score (nSPS) is 16.0. The Labute approximate surface area is 139 Å². The average molecular weight is 323 g/mol. The first-order valence-electron chi connectivity index (χ1n) is 7.63. The fourth-order valence-corrected chi connectivity index (χ4v) is 2.28. The van der Waals surface area contributed by atoms with Gasteiger partial charge in [0.1, 0.15) is 5.71 Å². The fraction of sp³-hybridized carbons (Fsp3) is 0.167. The van der Waals surface area contributed by atoms with Crippen LogP contribution in [0.3, 0.4) is 0 Å².